The van der Waals surface area contributed by atoms with Gasteiger partial charge in [-0.25, -0.2) is 0 Å². The van der Waals surface area contributed by atoms with Crippen molar-refractivity contribution in [3.05, 3.63) is 0 Å². The molecule has 1 saturated heterocycles. The molecule has 2 atom stereocenters. The van der Waals surface area contributed by atoms with Crippen molar-refractivity contribution in [1.29, 1.82) is 0 Å². The number of nitrogens with one attached hydrogen (secondary N) is 2. The summed E-state index contributed by atoms with van der Waals surface area (Å²) in [7, 11) is 0. The molecule has 4 nitrogen and oxygen atoms in total. The molecule has 1 fully saturated rings. The summed E-state index contributed by atoms with van der Waals surface area (Å²) in [5.41, 5.74) is 0. The number of nitrogens with zero attached hydrogens (tertiary/aromatic N) is 1. The lowest BCUT2D eigenvalue weighted by Crippen LogP contribution is -2.52. The van der Waals surface area contributed by atoms with E-state index < -0.39 is 0 Å². The molecule has 0 aromatic carbocycles. The van der Waals surface area contributed by atoms with Crippen LogP contribution in [-0.4, -0.2) is 48.6 Å². The Hall–Kier alpha value is -0.610. The topological polar surface area (TPSA) is 44.4 Å². The van der Waals surface area contributed by atoms with Gasteiger partial charge in [0, 0.05) is 25.2 Å². The smallest absolute Gasteiger partial charge is 0.237 e. The molecule has 2 N–H and O–H groups in total. The van der Waals surface area contributed by atoms with Crippen LogP contribution in [0.5, 0.6) is 0 Å². The van der Waals surface area contributed by atoms with Gasteiger partial charge in [0.25, 0.3) is 0 Å². The minimum atomic E-state index is -0.0426. The lowest BCUT2D eigenvalue weighted by atomic mass is 10.1. The van der Waals surface area contributed by atoms with E-state index in [4.69, 9.17) is 0 Å². The summed E-state index contributed by atoms with van der Waals surface area (Å²) in [6.45, 7) is 11.5. The predicted octanol–water partition coefficient (Wildman–Crippen LogP) is 2.14. The SMILES string of the molecule is CCCCCNC(=O)C(C)N(CC1CCCN1)C(C)C. The quantitative estimate of drug-likeness (QED) is 0.637. The number of unbranched alkanes of at least 4 members (excludes halogenated alkanes) is 2. The molecule has 1 heterocycles. The molecule has 0 radical (unpaired) electrons. The Bertz CT molecular complexity index is 275. The third kappa shape index (κ3) is 5.80. The van der Waals surface area contributed by atoms with Gasteiger partial charge in [0.1, 0.15) is 0 Å². The van der Waals surface area contributed by atoms with Crippen molar-refractivity contribution in [2.24, 2.45) is 0 Å². The summed E-state index contributed by atoms with van der Waals surface area (Å²) >= 11 is 0. The number of amides is 1. The molecule has 0 aromatic rings. The van der Waals surface area contributed by atoms with Gasteiger partial charge in [-0.2, -0.15) is 0 Å². The molecule has 0 spiro atoms. The van der Waals surface area contributed by atoms with E-state index in [9.17, 15) is 4.79 Å². The van der Waals surface area contributed by atoms with Crippen LogP contribution in [0.15, 0.2) is 0 Å². The van der Waals surface area contributed by atoms with Crippen molar-refractivity contribution in [2.75, 3.05) is 19.6 Å². The summed E-state index contributed by atoms with van der Waals surface area (Å²) in [4.78, 5) is 14.6. The maximum absolute atomic E-state index is 12.3. The first kappa shape index (κ1) is 17.4. The zero-order chi connectivity index (χ0) is 15.0. The molecule has 118 valence electrons. The Balaban J connectivity index is 2.41. The molecule has 0 aliphatic carbocycles. The second kappa shape index (κ2) is 9.35. The lowest BCUT2D eigenvalue weighted by Gasteiger charge is -2.34. The molecule has 1 amide bonds. The van der Waals surface area contributed by atoms with Crippen molar-refractivity contribution in [2.45, 2.75) is 77.9 Å². The molecule has 0 bridgehead atoms. The van der Waals surface area contributed by atoms with Gasteiger partial charge >= 0.3 is 0 Å². The maximum Gasteiger partial charge on any atom is 0.237 e. The van der Waals surface area contributed by atoms with Crippen LogP contribution in [0.4, 0.5) is 0 Å². The number of hydrogen-bond acceptors (Lipinski definition) is 3. The normalized spacial score (nSPS) is 20.6. The minimum Gasteiger partial charge on any atom is -0.355 e. The van der Waals surface area contributed by atoms with Crippen LogP contribution in [0.1, 0.15) is 59.8 Å². The fourth-order valence-electron chi connectivity index (χ4n) is 2.87. The molecule has 4 heteroatoms. The van der Waals surface area contributed by atoms with Gasteiger partial charge in [0.15, 0.2) is 0 Å². The molecule has 0 saturated carbocycles. The van der Waals surface area contributed by atoms with Crippen molar-refractivity contribution < 1.29 is 4.79 Å². The summed E-state index contributed by atoms with van der Waals surface area (Å²) in [6.07, 6.45) is 5.95. The Morgan fingerprint density at radius 1 is 1.35 bits per heavy atom. The Kier molecular flexibility index (Phi) is 8.15. The summed E-state index contributed by atoms with van der Waals surface area (Å²) in [6, 6.07) is 0.903. The first-order chi connectivity index (χ1) is 9.56. The largest absolute Gasteiger partial charge is 0.355 e. The van der Waals surface area contributed by atoms with E-state index in [1.807, 2.05) is 6.92 Å². The third-order valence-corrected chi connectivity index (χ3v) is 4.21. The van der Waals surface area contributed by atoms with E-state index in [2.05, 4.69) is 36.3 Å². The number of carbonyl (C=O) groups is 1. The average Bonchev–Trinajstić information content (AvgIpc) is 2.92. The predicted molar refractivity (Wildman–Crippen MR) is 84.9 cm³/mol. The fraction of sp³-hybridized carbons (Fsp3) is 0.938. The molecule has 1 rings (SSSR count). The molecule has 1 aliphatic rings. The monoisotopic (exact) mass is 283 g/mol. The van der Waals surface area contributed by atoms with Crippen molar-refractivity contribution in [3.8, 4) is 0 Å². The van der Waals surface area contributed by atoms with Crippen LogP contribution in [0.3, 0.4) is 0 Å². The molecule has 1 aliphatic heterocycles. The van der Waals surface area contributed by atoms with E-state index in [1.165, 1.54) is 25.7 Å². The molecule has 2 unspecified atom stereocenters. The fourth-order valence-corrected chi connectivity index (χ4v) is 2.87. The summed E-state index contributed by atoms with van der Waals surface area (Å²) in [5.74, 6) is 0.174. The first-order valence-electron chi connectivity index (χ1n) is 8.33. The van der Waals surface area contributed by atoms with Crippen molar-refractivity contribution in [1.82, 2.24) is 15.5 Å². The van der Waals surface area contributed by atoms with Crippen LogP contribution in [0.2, 0.25) is 0 Å². The third-order valence-electron chi connectivity index (χ3n) is 4.21. The van der Waals surface area contributed by atoms with Gasteiger partial charge in [-0.15, -0.1) is 0 Å². The minimum absolute atomic E-state index is 0.0426. The molecular weight excluding hydrogens is 250 g/mol. The van der Waals surface area contributed by atoms with E-state index in [0.29, 0.717) is 12.1 Å². The van der Waals surface area contributed by atoms with Crippen LogP contribution in [0.25, 0.3) is 0 Å². The number of carbonyl (C=O) groups excluding carboxylic acids is 1. The summed E-state index contributed by atoms with van der Waals surface area (Å²) < 4.78 is 0. The van der Waals surface area contributed by atoms with Gasteiger partial charge in [-0.1, -0.05) is 19.8 Å². The van der Waals surface area contributed by atoms with Gasteiger partial charge in [0.05, 0.1) is 6.04 Å². The standard InChI is InChI=1S/C16H33N3O/c1-5-6-7-10-18-16(20)14(4)19(13(2)3)12-15-9-8-11-17-15/h13-15,17H,5-12H2,1-4H3,(H,18,20). The Labute approximate surface area is 124 Å². The highest BCUT2D eigenvalue weighted by Gasteiger charge is 2.27. The summed E-state index contributed by atoms with van der Waals surface area (Å²) in [5, 5.41) is 6.60. The highest BCUT2D eigenvalue weighted by Crippen LogP contribution is 2.12. The van der Waals surface area contributed by atoms with Gasteiger partial charge in [-0.05, 0) is 46.6 Å². The van der Waals surface area contributed by atoms with Crippen LogP contribution < -0.4 is 10.6 Å². The maximum atomic E-state index is 12.3. The molecular formula is C16H33N3O. The van der Waals surface area contributed by atoms with Crippen molar-refractivity contribution >= 4 is 5.91 Å². The Morgan fingerprint density at radius 3 is 2.65 bits per heavy atom. The highest BCUT2D eigenvalue weighted by molar-refractivity contribution is 5.81. The second-order valence-electron chi connectivity index (χ2n) is 6.26. The number of hydrogen-bond donors (Lipinski definition) is 2. The second-order valence-corrected chi connectivity index (χ2v) is 6.26. The van der Waals surface area contributed by atoms with Crippen LogP contribution >= 0.6 is 0 Å². The first-order valence-corrected chi connectivity index (χ1v) is 8.33. The Morgan fingerprint density at radius 2 is 2.10 bits per heavy atom. The van der Waals surface area contributed by atoms with E-state index in [1.54, 1.807) is 0 Å². The molecule has 0 aromatic heterocycles. The van der Waals surface area contributed by atoms with Gasteiger partial charge in [0.2, 0.25) is 5.91 Å². The van der Waals surface area contributed by atoms with Crippen molar-refractivity contribution in [3.63, 3.8) is 0 Å². The van der Waals surface area contributed by atoms with Gasteiger partial charge in [-0.3, -0.25) is 9.69 Å². The van der Waals surface area contributed by atoms with E-state index in [0.717, 1.165) is 26.1 Å². The van der Waals surface area contributed by atoms with E-state index in [-0.39, 0.29) is 11.9 Å². The highest BCUT2D eigenvalue weighted by atomic mass is 16.2. The van der Waals surface area contributed by atoms with Crippen LogP contribution in [-0.2, 0) is 4.79 Å². The molecule has 20 heavy (non-hydrogen) atoms. The van der Waals surface area contributed by atoms with Crippen LogP contribution in [0, 0.1) is 0 Å². The average molecular weight is 283 g/mol. The van der Waals surface area contributed by atoms with Gasteiger partial charge < -0.3 is 10.6 Å². The lowest BCUT2D eigenvalue weighted by molar-refractivity contribution is -0.126. The zero-order valence-electron chi connectivity index (χ0n) is 13.7. The number of rotatable bonds is 9. The zero-order valence-corrected chi connectivity index (χ0v) is 13.7. The van der Waals surface area contributed by atoms with E-state index >= 15 is 0 Å².